The molecule has 0 heterocycles. The SMILES string of the molecule is COC(=O)C[C@]1(C)CCCC(C)C2c3ccc(C)cc3[C@H](O)CC21. The van der Waals surface area contributed by atoms with E-state index in [2.05, 4.69) is 39.0 Å². The third-order valence-electron chi connectivity index (χ3n) is 6.56. The van der Waals surface area contributed by atoms with Crippen molar-refractivity contribution in [2.75, 3.05) is 7.11 Å². The van der Waals surface area contributed by atoms with Crippen LogP contribution in [0.1, 0.15) is 74.7 Å². The van der Waals surface area contributed by atoms with Gasteiger partial charge in [-0.15, -0.1) is 0 Å². The number of benzene rings is 1. The number of ether oxygens (including phenoxy) is 1. The van der Waals surface area contributed by atoms with Crippen LogP contribution in [0.25, 0.3) is 0 Å². The summed E-state index contributed by atoms with van der Waals surface area (Å²) in [6.45, 7) is 6.64. The highest BCUT2D eigenvalue weighted by Crippen LogP contribution is 2.57. The van der Waals surface area contributed by atoms with E-state index in [1.165, 1.54) is 24.7 Å². The lowest BCUT2D eigenvalue weighted by molar-refractivity contribution is -0.145. The molecule has 1 fully saturated rings. The molecule has 1 aromatic rings. The van der Waals surface area contributed by atoms with Crippen molar-refractivity contribution < 1.29 is 14.6 Å². The van der Waals surface area contributed by atoms with Gasteiger partial charge in [0.2, 0.25) is 0 Å². The Hall–Kier alpha value is -1.35. The maximum Gasteiger partial charge on any atom is 0.306 e. The molecule has 2 aliphatic rings. The van der Waals surface area contributed by atoms with E-state index < -0.39 is 6.10 Å². The van der Waals surface area contributed by atoms with Gasteiger partial charge in [0, 0.05) is 0 Å². The molecular weight excluding hydrogens is 300 g/mol. The fraction of sp³-hybridized carbons (Fsp3) is 0.667. The monoisotopic (exact) mass is 330 g/mol. The van der Waals surface area contributed by atoms with Gasteiger partial charge in [0.15, 0.2) is 0 Å². The van der Waals surface area contributed by atoms with Crippen LogP contribution in [-0.4, -0.2) is 18.2 Å². The average Bonchev–Trinajstić information content (AvgIpc) is 2.65. The highest BCUT2D eigenvalue weighted by atomic mass is 16.5. The predicted molar refractivity (Wildman–Crippen MR) is 94.7 cm³/mol. The number of aryl methyl sites for hydroxylation is 1. The number of hydrogen-bond acceptors (Lipinski definition) is 3. The summed E-state index contributed by atoms with van der Waals surface area (Å²) in [5, 5.41) is 10.8. The number of carbonyl (C=O) groups is 1. The molecule has 0 aliphatic heterocycles. The molecule has 0 aromatic heterocycles. The van der Waals surface area contributed by atoms with Crippen LogP contribution in [0.5, 0.6) is 0 Å². The third-order valence-corrected chi connectivity index (χ3v) is 6.56. The molecule has 0 amide bonds. The quantitative estimate of drug-likeness (QED) is 0.811. The second kappa shape index (κ2) is 6.51. The lowest BCUT2D eigenvalue weighted by Crippen LogP contribution is -2.39. The summed E-state index contributed by atoms with van der Waals surface area (Å²) >= 11 is 0. The Kier molecular flexibility index (Phi) is 4.74. The van der Waals surface area contributed by atoms with Crippen LogP contribution in [-0.2, 0) is 9.53 Å². The summed E-state index contributed by atoms with van der Waals surface area (Å²) in [6.07, 6.45) is 4.12. The summed E-state index contributed by atoms with van der Waals surface area (Å²) in [6, 6.07) is 6.51. The number of aliphatic hydroxyl groups is 1. The smallest absolute Gasteiger partial charge is 0.306 e. The van der Waals surface area contributed by atoms with Gasteiger partial charge in [0.05, 0.1) is 19.6 Å². The zero-order chi connectivity index (χ0) is 17.5. The van der Waals surface area contributed by atoms with E-state index in [9.17, 15) is 9.90 Å². The average molecular weight is 330 g/mol. The molecule has 5 atom stereocenters. The van der Waals surface area contributed by atoms with E-state index in [0.29, 0.717) is 24.2 Å². The zero-order valence-electron chi connectivity index (χ0n) is 15.3. The maximum atomic E-state index is 12.0. The van der Waals surface area contributed by atoms with Gasteiger partial charge in [0.25, 0.3) is 0 Å². The molecule has 3 unspecified atom stereocenters. The Morgan fingerprint density at radius 2 is 2.12 bits per heavy atom. The van der Waals surface area contributed by atoms with Crippen molar-refractivity contribution in [3.8, 4) is 0 Å². The van der Waals surface area contributed by atoms with E-state index >= 15 is 0 Å². The standard InChI is InChI=1S/C21H30O3/c1-13-7-8-15-16(10-13)18(22)11-17-20(15)14(2)6-5-9-21(17,3)12-19(23)24-4/h7-8,10,14,17-18,20,22H,5-6,9,11-12H2,1-4H3/t14?,17?,18-,20?,21+/m1/s1. The predicted octanol–water partition coefficient (Wildman–Crippen LogP) is 4.52. The summed E-state index contributed by atoms with van der Waals surface area (Å²) < 4.78 is 4.98. The Morgan fingerprint density at radius 3 is 2.83 bits per heavy atom. The summed E-state index contributed by atoms with van der Waals surface area (Å²) in [5.41, 5.74) is 3.50. The first kappa shape index (κ1) is 17.5. The first-order chi connectivity index (χ1) is 11.4. The van der Waals surface area contributed by atoms with Gasteiger partial charge < -0.3 is 9.84 Å². The second-order valence-corrected chi connectivity index (χ2v) is 8.29. The van der Waals surface area contributed by atoms with Crippen molar-refractivity contribution in [3.05, 3.63) is 34.9 Å². The molecule has 132 valence electrons. The van der Waals surface area contributed by atoms with Crippen LogP contribution in [0, 0.1) is 24.2 Å². The van der Waals surface area contributed by atoms with Crippen LogP contribution in [0.4, 0.5) is 0 Å². The molecule has 1 aromatic carbocycles. The van der Waals surface area contributed by atoms with Crippen LogP contribution < -0.4 is 0 Å². The summed E-state index contributed by atoms with van der Waals surface area (Å²) in [5.74, 6) is 1.18. The van der Waals surface area contributed by atoms with Gasteiger partial charge in [-0.2, -0.15) is 0 Å². The molecule has 0 radical (unpaired) electrons. The van der Waals surface area contributed by atoms with Crippen LogP contribution in [0.15, 0.2) is 18.2 Å². The largest absolute Gasteiger partial charge is 0.469 e. The van der Waals surface area contributed by atoms with Crippen molar-refractivity contribution in [2.24, 2.45) is 17.3 Å². The van der Waals surface area contributed by atoms with Crippen LogP contribution in [0.3, 0.4) is 0 Å². The van der Waals surface area contributed by atoms with Gasteiger partial charge in [-0.25, -0.2) is 0 Å². The fourth-order valence-electron chi connectivity index (χ4n) is 5.25. The van der Waals surface area contributed by atoms with Crippen molar-refractivity contribution in [2.45, 2.75) is 64.9 Å². The van der Waals surface area contributed by atoms with Gasteiger partial charge in [-0.1, -0.05) is 50.5 Å². The Labute approximate surface area is 145 Å². The Balaban J connectivity index is 2.05. The second-order valence-electron chi connectivity index (χ2n) is 8.29. The number of hydrogen-bond donors (Lipinski definition) is 1. The highest BCUT2D eigenvalue weighted by molar-refractivity contribution is 5.70. The Bertz CT molecular complexity index is 624. The molecule has 2 aliphatic carbocycles. The lowest BCUT2D eigenvalue weighted by atomic mass is 9.59. The minimum absolute atomic E-state index is 0.105. The van der Waals surface area contributed by atoms with E-state index in [4.69, 9.17) is 4.74 Å². The first-order valence-corrected chi connectivity index (χ1v) is 9.21. The van der Waals surface area contributed by atoms with Crippen molar-refractivity contribution >= 4 is 5.97 Å². The van der Waals surface area contributed by atoms with Crippen LogP contribution >= 0.6 is 0 Å². The number of methoxy groups -OCH3 is 1. The molecule has 0 saturated heterocycles. The van der Waals surface area contributed by atoms with Gasteiger partial charge in [-0.3, -0.25) is 4.79 Å². The number of fused-ring (bicyclic) bond motifs is 3. The van der Waals surface area contributed by atoms with Gasteiger partial charge >= 0.3 is 5.97 Å². The number of aliphatic hydroxyl groups excluding tert-OH is 1. The maximum absolute atomic E-state index is 12.0. The normalized spacial score (nSPS) is 35.5. The molecule has 0 spiro atoms. The van der Waals surface area contributed by atoms with Crippen molar-refractivity contribution in [3.63, 3.8) is 0 Å². The van der Waals surface area contributed by atoms with Gasteiger partial charge in [-0.05, 0) is 54.1 Å². The van der Waals surface area contributed by atoms with E-state index in [-0.39, 0.29) is 11.4 Å². The van der Waals surface area contributed by atoms with E-state index in [1.54, 1.807) is 0 Å². The number of rotatable bonds is 2. The Morgan fingerprint density at radius 1 is 1.38 bits per heavy atom. The summed E-state index contributed by atoms with van der Waals surface area (Å²) in [4.78, 5) is 12.0. The summed E-state index contributed by atoms with van der Waals surface area (Å²) in [7, 11) is 1.47. The highest BCUT2D eigenvalue weighted by Gasteiger charge is 2.48. The van der Waals surface area contributed by atoms with Crippen molar-refractivity contribution in [1.29, 1.82) is 0 Å². The van der Waals surface area contributed by atoms with E-state index in [0.717, 1.165) is 24.8 Å². The lowest BCUT2D eigenvalue weighted by Gasteiger charge is -2.46. The fourth-order valence-corrected chi connectivity index (χ4v) is 5.25. The topological polar surface area (TPSA) is 46.5 Å². The molecule has 3 nitrogen and oxygen atoms in total. The molecule has 1 N–H and O–H groups in total. The minimum Gasteiger partial charge on any atom is -0.469 e. The molecule has 1 saturated carbocycles. The van der Waals surface area contributed by atoms with E-state index in [1.807, 2.05) is 0 Å². The third kappa shape index (κ3) is 2.99. The number of carbonyl (C=O) groups excluding carboxylic acids is 1. The first-order valence-electron chi connectivity index (χ1n) is 9.21. The zero-order valence-corrected chi connectivity index (χ0v) is 15.3. The molecule has 3 heteroatoms. The van der Waals surface area contributed by atoms with Gasteiger partial charge in [0.1, 0.15) is 0 Å². The number of esters is 1. The molecule has 3 rings (SSSR count). The molecule has 24 heavy (non-hydrogen) atoms. The van der Waals surface area contributed by atoms with Crippen LogP contribution in [0.2, 0.25) is 0 Å². The molecule has 0 bridgehead atoms. The van der Waals surface area contributed by atoms with Crippen molar-refractivity contribution in [1.82, 2.24) is 0 Å². The minimum atomic E-state index is -0.427. The molecular formula is C21H30O3.